The second-order valence-electron chi connectivity index (χ2n) is 8.21. The Morgan fingerprint density at radius 2 is 2.03 bits per heavy atom. The molecule has 3 N–H and O–H groups in total. The number of nitrogens with one attached hydrogen (secondary N) is 2. The van der Waals surface area contributed by atoms with Gasteiger partial charge in [-0.05, 0) is 56.9 Å². The van der Waals surface area contributed by atoms with Gasteiger partial charge in [0.25, 0.3) is 0 Å². The fraction of sp³-hybridized carbons (Fsp3) is 0.348. The van der Waals surface area contributed by atoms with Gasteiger partial charge in [0.2, 0.25) is 0 Å². The summed E-state index contributed by atoms with van der Waals surface area (Å²) in [4.78, 5) is 16.8. The van der Waals surface area contributed by atoms with Crippen LogP contribution in [0.5, 0.6) is 5.75 Å². The van der Waals surface area contributed by atoms with E-state index < -0.39 is 17.2 Å². The highest BCUT2D eigenvalue weighted by atomic mass is 35.5. The summed E-state index contributed by atoms with van der Waals surface area (Å²) in [5.74, 6) is -0.105. The summed E-state index contributed by atoms with van der Waals surface area (Å²) >= 11 is 5.82. The number of nitrogens with zero attached hydrogens (tertiary/aromatic N) is 2. The van der Waals surface area contributed by atoms with E-state index >= 15 is 0 Å². The molecular formula is C23H24ClFN4O3. The van der Waals surface area contributed by atoms with E-state index in [0.29, 0.717) is 49.4 Å². The molecule has 9 heteroatoms. The van der Waals surface area contributed by atoms with Crippen LogP contribution >= 0.6 is 11.6 Å². The number of rotatable bonds is 7. The van der Waals surface area contributed by atoms with Gasteiger partial charge < -0.3 is 15.2 Å². The minimum atomic E-state index is -0.943. The van der Waals surface area contributed by atoms with Crippen LogP contribution in [0.3, 0.4) is 0 Å². The third-order valence-corrected chi connectivity index (χ3v) is 6.13. The number of aliphatic carboxylic acids is 1. The Morgan fingerprint density at radius 1 is 1.28 bits per heavy atom. The molecule has 0 bridgehead atoms. The number of pyridine rings is 1. The Morgan fingerprint density at radius 3 is 2.72 bits per heavy atom. The van der Waals surface area contributed by atoms with Gasteiger partial charge in [-0.3, -0.25) is 9.89 Å². The number of ether oxygens (including phenoxy) is 1. The predicted octanol–water partition coefficient (Wildman–Crippen LogP) is 5.28. The highest BCUT2D eigenvalue weighted by Crippen LogP contribution is 2.41. The molecule has 0 atom stereocenters. The van der Waals surface area contributed by atoms with E-state index in [1.807, 2.05) is 31.2 Å². The molecule has 1 aliphatic rings. The monoisotopic (exact) mass is 458 g/mol. The maximum absolute atomic E-state index is 14.1. The van der Waals surface area contributed by atoms with Crippen molar-refractivity contribution in [1.29, 1.82) is 0 Å². The lowest BCUT2D eigenvalue weighted by Crippen LogP contribution is -2.40. The second-order valence-corrected chi connectivity index (χ2v) is 8.61. The molecule has 4 rings (SSSR count). The average molecular weight is 459 g/mol. The maximum atomic E-state index is 14.1. The van der Waals surface area contributed by atoms with E-state index in [2.05, 4.69) is 20.5 Å². The first-order chi connectivity index (χ1) is 15.3. The fourth-order valence-electron chi connectivity index (χ4n) is 4.09. The number of aromatic nitrogens is 3. The summed E-state index contributed by atoms with van der Waals surface area (Å²) < 4.78 is 19.9. The smallest absolute Gasteiger partial charge is 0.310 e. The van der Waals surface area contributed by atoms with Gasteiger partial charge in [0.05, 0.1) is 16.5 Å². The van der Waals surface area contributed by atoms with E-state index in [9.17, 15) is 14.3 Å². The van der Waals surface area contributed by atoms with Gasteiger partial charge in [0, 0.05) is 23.9 Å². The Hall–Kier alpha value is -3.13. The van der Waals surface area contributed by atoms with Crippen LogP contribution in [-0.2, 0) is 11.2 Å². The first-order valence-corrected chi connectivity index (χ1v) is 10.8. The van der Waals surface area contributed by atoms with Gasteiger partial charge in [-0.1, -0.05) is 23.7 Å². The van der Waals surface area contributed by atoms with Crippen LogP contribution in [0.25, 0.3) is 0 Å². The summed E-state index contributed by atoms with van der Waals surface area (Å²) in [6.45, 7) is 1.90. The molecule has 0 aliphatic heterocycles. The Bertz CT molecular complexity index is 1110. The summed E-state index contributed by atoms with van der Waals surface area (Å²) in [7, 11) is 0. The molecule has 0 radical (unpaired) electrons. The van der Waals surface area contributed by atoms with Crippen molar-refractivity contribution in [3.63, 3.8) is 0 Å². The molecule has 7 nitrogen and oxygen atoms in total. The minimum absolute atomic E-state index is 0.00255. The molecule has 32 heavy (non-hydrogen) atoms. The fourth-order valence-corrected chi connectivity index (χ4v) is 4.26. The first-order valence-electron chi connectivity index (χ1n) is 10.4. The van der Waals surface area contributed by atoms with Crippen molar-refractivity contribution in [2.45, 2.75) is 45.1 Å². The third-order valence-electron chi connectivity index (χ3n) is 5.84. The SMILES string of the molecule is Cc1cc(Nc2cccc(C[C@]3(C(=O)O)CC[C@H](Oc4cccc(Cl)c4F)CC3)n2)n[nH]1. The second kappa shape index (κ2) is 9.16. The number of carbonyl (C=O) groups is 1. The summed E-state index contributed by atoms with van der Waals surface area (Å²) in [5, 5.41) is 20.2. The molecule has 1 aliphatic carbocycles. The molecule has 0 amide bonds. The first kappa shape index (κ1) is 22.1. The number of aromatic amines is 1. The standard InChI is InChI=1S/C23H24ClFN4O3/c1-14-12-20(29-28-14)27-19-7-2-4-15(26-19)13-23(22(30)31)10-8-16(9-11-23)32-18-6-3-5-17(24)21(18)25/h2-7,12,16H,8-11,13H2,1H3,(H,30,31)(H2,26,27,28,29)/t16-,23-. The van der Waals surface area contributed by atoms with Crippen molar-refractivity contribution < 1.29 is 19.0 Å². The topological polar surface area (TPSA) is 100 Å². The molecule has 1 aromatic carbocycles. The number of carboxylic acid groups (broad SMARTS) is 1. The zero-order valence-electron chi connectivity index (χ0n) is 17.6. The van der Waals surface area contributed by atoms with Gasteiger partial charge in [-0.25, -0.2) is 9.37 Å². The van der Waals surface area contributed by atoms with Crippen LogP contribution in [0, 0.1) is 18.2 Å². The lowest BCUT2D eigenvalue weighted by atomic mass is 9.70. The van der Waals surface area contributed by atoms with Gasteiger partial charge in [-0.15, -0.1) is 0 Å². The Labute approximate surface area is 190 Å². The molecule has 0 saturated heterocycles. The van der Waals surface area contributed by atoms with Crippen LogP contribution < -0.4 is 10.1 Å². The van der Waals surface area contributed by atoms with Crippen LogP contribution in [-0.4, -0.2) is 32.4 Å². The Balaban J connectivity index is 1.43. The number of carboxylic acids is 1. The molecule has 1 fully saturated rings. The van der Waals surface area contributed by atoms with Crippen molar-refractivity contribution in [1.82, 2.24) is 15.2 Å². The molecule has 2 heterocycles. The van der Waals surface area contributed by atoms with Gasteiger partial charge >= 0.3 is 5.97 Å². The minimum Gasteiger partial charge on any atom is -0.487 e. The maximum Gasteiger partial charge on any atom is 0.310 e. The van der Waals surface area contributed by atoms with E-state index in [4.69, 9.17) is 16.3 Å². The highest BCUT2D eigenvalue weighted by Gasteiger charge is 2.43. The summed E-state index contributed by atoms with van der Waals surface area (Å²) in [6, 6.07) is 12.0. The van der Waals surface area contributed by atoms with Crippen molar-refractivity contribution in [3.8, 4) is 5.75 Å². The van der Waals surface area contributed by atoms with E-state index in [-0.39, 0.29) is 16.9 Å². The van der Waals surface area contributed by atoms with Crippen LogP contribution in [0.2, 0.25) is 5.02 Å². The van der Waals surface area contributed by atoms with E-state index in [1.54, 1.807) is 6.07 Å². The molecule has 0 spiro atoms. The lowest BCUT2D eigenvalue weighted by molar-refractivity contribution is -0.152. The third kappa shape index (κ3) is 4.85. The largest absolute Gasteiger partial charge is 0.487 e. The zero-order chi connectivity index (χ0) is 22.7. The highest BCUT2D eigenvalue weighted by molar-refractivity contribution is 6.30. The zero-order valence-corrected chi connectivity index (χ0v) is 18.3. The predicted molar refractivity (Wildman–Crippen MR) is 119 cm³/mol. The van der Waals surface area contributed by atoms with Gasteiger partial charge in [0.15, 0.2) is 17.4 Å². The van der Waals surface area contributed by atoms with Crippen molar-refractivity contribution in [3.05, 3.63) is 64.7 Å². The van der Waals surface area contributed by atoms with E-state index in [0.717, 1.165) is 5.69 Å². The van der Waals surface area contributed by atoms with Crippen molar-refractivity contribution in [2.75, 3.05) is 5.32 Å². The van der Waals surface area contributed by atoms with Crippen LogP contribution in [0.15, 0.2) is 42.5 Å². The normalized spacial score (nSPS) is 20.7. The average Bonchev–Trinajstić information content (AvgIpc) is 3.17. The quantitative estimate of drug-likeness (QED) is 0.445. The van der Waals surface area contributed by atoms with Crippen molar-refractivity contribution >= 4 is 29.2 Å². The number of hydrogen-bond donors (Lipinski definition) is 3. The molecular weight excluding hydrogens is 435 g/mol. The number of hydrogen-bond acceptors (Lipinski definition) is 5. The molecule has 0 unspecified atom stereocenters. The molecule has 1 saturated carbocycles. The van der Waals surface area contributed by atoms with Gasteiger partial charge in [0.1, 0.15) is 5.82 Å². The van der Waals surface area contributed by atoms with Crippen LogP contribution in [0.4, 0.5) is 16.0 Å². The molecule has 168 valence electrons. The lowest BCUT2D eigenvalue weighted by Gasteiger charge is -2.36. The Kier molecular flexibility index (Phi) is 6.32. The molecule has 2 aromatic heterocycles. The number of anilines is 2. The van der Waals surface area contributed by atoms with Crippen LogP contribution in [0.1, 0.15) is 37.1 Å². The number of benzene rings is 1. The molecule has 3 aromatic rings. The number of halogens is 2. The number of H-pyrrole nitrogens is 1. The number of aryl methyl sites for hydroxylation is 1. The van der Waals surface area contributed by atoms with Crippen molar-refractivity contribution in [2.24, 2.45) is 5.41 Å². The summed E-state index contributed by atoms with van der Waals surface area (Å²) in [6.07, 6.45) is 1.86. The van der Waals surface area contributed by atoms with E-state index in [1.165, 1.54) is 12.1 Å². The summed E-state index contributed by atoms with van der Waals surface area (Å²) in [5.41, 5.74) is 0.663. The van der Waals surface area contributed by atoms with Gasteiger partial charge in [-0.2, -0.15) is 5.10 Å².